The second kappa shape index (κ2) is 8.13. The largest absolute Gasteiger partial charge is 0.355 e. The third kappa shape index (κ3) is 4.05. The Morgan fingerprint density at radius 2 is 2.07 bits per heavy atom. The molecule has 2 aromatic heterocycles. The number of carbonyl (C=O) groups is 1. The van der Waals surface area contributed by atoms with Crippen LogP contribution in [-0.2, 0) is 6.54 Å². The first-order valence-electron chi connectivity index (χ1n) is 9.94. The second-order valence-corrected chi connectivity index (χ2v) is 7.51. The van der Waals surface area contributed by atoms with Crippen molar-refractivity contribution >= 4 is 22.6 Å². The first-order chi connectivity index (χ1) is 14.0. The summed E-state index contributed by atoms with van der Waals surface area (Å²) >= 11 is 0. The number of fused-ring (bicyclic) bond motifs is 1. The summed E-state index contributed by atoms with van der Waals surface area (Å²) in [5.41, 5.74) is 4.06. The van der Waals surface area contributed by atoms with Crippen molar-refractivity contribution in [1.82, 2.24) is 25.6 Å². The molecule has 7 heteroatoms. The summed E-state index contributed by atoms with van der Waals surface area (Å²) in [6.45, 7) is 6.47. The minimum absolute atomic E-state index is 0.226. The maximum absolute atomic E-state index is 12.0. The summed E-state index contributed by atoms with van der Waals surface area (Å²) in [5, 5.41) is 7.41. The normalized spacial score (nSPS) is 16.4. The lowest BCUT2D eigenvalue weighted by Crippen LogP contribution is -2.33. The minimum Gasteiger partial charge on any atom is -0.355 e. The molecule has 3 heterocycles. The Labute approximate surface area is 170 Å². The minimum atomic E-state index is -0.257. The molecule has 0 saturated carbocycles. The first-order valence-corrected chi connectivity index (χ1v) is 9.94. The Balaban J connectivity index is 1.43. The van der Waals surface area contributed by atoms with E-state index in [2.05, 4.69) is 42.6 Å². The van der Waals surface area contributed by atoms with Crippen LogP contribution in [0.25, 0.3) is 10.9 Å². The molecule has 0 aliphatic carbocycles. The molecule has 29 heavy (non-hydrogen) atoms. The number of benzene rings is 1. The summed E-state index contributed by atoms with van der Waals surface area (Å²) in [6, 6.07) is 10.7. The van der Waals surface area contributed by atoms with Gasteiger partial charge in [0.05, 0.1) is 5.52 Å². The molecule has 3 aromatic rings. The van der Waals surface area contributed by atoms with Crippen molar-refractivity contribution in [3.8, 4) is 0 Å². The Hall–Kier alpha value is -3.06. The summed E-state index contributed by atoms with van der Waals surface area (Å²) in [5.74, 6) is 0.823. The topological polar surface area (TPSA) is 83.0 Å². The molecule has 1 atom stereocenters. The number of nitrogens with one attached hydrogen (secondary N) is 2. The van der Waals surface area contributed by atoms with E-state index in [-0.39, 0.29) is 11.7 Å². The van der Waals surface area contributed by atoms with Gasteiger partial charge in [0.2, 0.25) is 5.82 Å². The summed E-state index contributed by atoms with van der Waals surface area (Å²) in [7, 11) is 1.60. The highest BCUT2D eigenvalue weighted by Crippen LogP contribution is 2.24. The van der Waals surface area contributed by atoms with Gasteiger partial charge in [-0.15, -0.1) is 0 Å². The number of rotatable bonds is 5. The predicted molar refractivity (Wildman–Crippen MR) is 114 cm³/mol. The van der Waals surface area contributed by atoms with E-state index in [0.717, 1.165) is 54.0 Å². The van der Waals surface area contributed by atoms with E-state index >= 15 is 0 Å². The molecule has 1 saturated heterocycles. The zero-order valence-electron chi connectivity index (χ0n) is 17.1. The summed E-state index contributed by atoms with van der Waals surface area (Å²) in [4.78, 5) is 27.6. The molecule has 0 spiro atoms. The van der Waals surface area contributed by atoms with Crippen LogP contribution in [0.5, 0.6) is 0 Å². The first kappa shape index (κ1) is 19.3. The molecule has 1 fully saturated rings. The SMILES string of the molecule is CNC(=O)c1nc(C)c(C)c(N2CC[C@@H](NCc3cnc4ccccc4c3)C2)n1. The molecular weight excluding hydrogens is 364 g/mol. The van der Waals surface area contributed by atoms with Crippen molar-refractivity contribution < 1.29 is 4.79 Å². The smallest absolute Gasteiger partial charge is 0.288 e. The highest BCUT2D eigenvalue weighted by Gasteiger charge is 2.26. The van der Waals surface area contributed by atoms with Crippen LogP contribution in [0.2, 0.25) is 0 Å². The van der Waals surface area contributed by atoms with Crippen LogP contribution in [0, 0.1) is 13.8 Å². The highest BCUT2D eigenvalue weighted by atomic mass is 16.2. The Morgan fingerprint density at radius 3 is 2.90 bits per heavy atom. The van der Waals surface area contributed by atoms with Crippen LogP contribution in [0.3, 0.4) is 0 Å². The average molecular weight is 390 g/mol. The average Bonchev–Trinajstić information content (AvgIpc) is 3.22. The number of anilines is 1. The van der Waals surface area contributed by atoms with Crippen molar-refractivity contribution in [3.05, 3.63) is 59.2 Å². The zero-order valence-corrected chi connectivity index (χ0v) is 17.1. The third-order valence-corrected chi connectivity index (χ3v) is 5.52. The van der Waals surface area contributed by atoms with Crippen LogP contribution in [0.4, 0.5) is 5.82 Å². The molecule has 150 valence electrons. The van der Waals surface area contributed by atoms with Crippen molar-refractivity contribution in [3.63, 3.8) is 0 Å². The van der Waals surface area contributed by atoms with Crippen LogP contribution in [0.1, 0.15) is 33.9 Å². The molecular formula is C22H26N6O. The number of pyridine rings is 1. The van der Waals surface area contributed by atoms with Crippen LogP contribution < -0.4 is 15.5 Å². The van der Waals surface area contributed by atoms with Crippen molar-refractivity contribution in [1.29, 1.82) is 0 Å². The number of aromatic nitrogens is 3. The summed E-state index contributed by atoms with van der Waals surface area (Å²) in [6.07, 6.45) is 2.97. The molecule has 7 nitrogen and oxygen atoms in total. The van der Waals surface area contributed by atoms with Gasteiger partial charge in [-0.1, -0.05) is 18.2 Å². The van der Waals surface area contributed by atoms with Gasteiger partial charge in [0.1, 0.15) is 5.82 Å². The van der Waals surface area contributed by atoms with Gasteiger partial charge in [0.15, 0.2) is 0 Å². The highest BCUT2D eigenvalue weighted by molar-refractivity contribution is 5.90. The van der Waals surface area contributed by atoms with Gasteiger partial charge in [-0.05, 0) is 38.0 Å². The fourth-order valence-corrected chi connectivity index (χ4v) is 3.73. The number of hydrogen-bond acceptors (Lipinski definition) is 6. The van der Waals surface area contributed by atoms with E-state index in [0.29, 0.717) is 6.04 Å². The van der Waals surface area contributed by atoms with E-state index in [1.54, 1.807) is 7.05 Å². The molecule has 1 aliphatic rings. The maximum atomic E-state index is 12.0. The number of para-hydroxylation sites is 1. The van der Waals surface area contributed by atoms with E-state index in [1.807, 2.05) is 38.2 Å². The standard InChI is InChI=1S/C22H26N6O/c1-14-15(2)26-20(22(29)23-3)27-21(14)28-9-8-18(13-28)24-11-16-10-17-6-4-5-7-19(17)25-12-16/h4-7,10,12,18,24H,8-9,11,13H2,1-3H3,(H,23,29)/t18-/m1/s1. The molecule has 2 N–H and O–H groups in total. The quantitative estimate of drug-likeness (QED) is 0.696. The second-order valence-electron chi connectivity index (χ2n) is 7.51. The maximum Gasteiger partial charge on any atom is 0.288 e. The van der Waals surface area contributed by atoms with Gasteiger partial charge in [0.25, 0.3) is 5.91 Å². The van der Waals surface area contributed by atoms with Crippen LogP contribution in [0.15, 0.2) is 36.5 Å². The molecule has 0 radical (unpaired) electrons. The molecule has 0 bridgehead atoms. The predicted octanol–water partition coefficient (Wildman–Crippen LogP) is 2.37. The van der Waals surface area contributed by atoms with Crippen LogP contribution >= 0.6 is 0 Å². The monoisotopic (exact) mass is 390 g/mol. The fourth-order valence-electron chi connectivity index (χ4n) is 3.73. The molecule has 1 amide bonds. The van der Waals surface area contributed by atoms with Crippen molar-refractivity contribution in [2.24, 2.45) is 0 Å². The van der Waals surface area contributed by atoms with Gasteiger partial charge in [-0.25, -0.2) is 9.97 Å². The van der Waals surface area contributed by atoms with E-state index in [9.17, 15) is 4.79 Å². The number of nitrogens with zero attached hydrogens (tertiary/aromatic N) is 4. The third-order valence-electron chi connectivity index (χ3n) is 5.52. The number of carbonyl (C=O) groups excluding carboxylic acids is 1. The van der Waals surface area contributed by atoms with Crippen molar-refractivity contribution in [2.75, 3.05) is 25.0 Å². The zero-order chi connectivity index (χ0) is 20.4. The Morgan fingerprint density at radius 1 is 1.24 bits per heavy atom. The Bertz CT molecular complexity index is 1050. The van der Waals surface area contributed by atoms with Gasteiger partial charge >= 0.3 is 0 Å². The molecule has 1 aliphatic heterocycles. The van der Waals surface area contributed by atoms with Gasteiger partial charge in [-0.2, -0.15) is 0 Å². The lowest BCUT2D eigenvalue weighted by molar-refractivity contribution is 0.0952. The molecule has 4 rings (SSSR count). The van der Waals surface area contributed by atoms with E-state index in [4.69, 9.17) is 0 Å². The number of hydrogen-bond donors (Lipinski definition) is 2. The fraction of sp³-hybridized carbons (Fsp3) is 0.364. The van der Waals surface area contributed by atoms with Gasteiger partial charge in [-0.3, -0.25) is 9.78 Å². The lowest BCUT2D eigenvalue weighted by Gasteiger charge is -2.21. The van der Waals surface area contributed by atoms with Gasteiger partial charge in [0, 0.05) is 55.6 Å². The lowest BCUT2D eigenvalue weighted by atomic mass is 10.1. The van der Waals surface area contributed by atoms with Gasteiger partial charge < -0.3 is 15.5 Å². The van der Waals surface area contributed by atoms with Crippen molar-refractivity contribution in [2.45, 2.75) is 32.9 Å². The van der Waals surface area contributed by atoms with Crippen LogP contribution in [-0.4, -0.2) is 47.0 Å². The summed E-state index contributed by atoms with van der Waals surface area (Å²) < 4.78 is 0. The van der Waals surface area contributed by atoms with E-state index in [1.165, 1.54) is 5.56 Å². The van der Waals surface area contributed by atoms with E-state index < -0.39 is 0 Å². The number of aryl methyl sites for hydroxylation is 1. The number of amides is 1. The Kier molecular flexibility index (Phi) is 5.40. The molecule has 1 aromatic carbocycles. The molecule has 0 unspecified atom stereocenters.